The first-order valence-corrected chi connectivity index (χ1v) is 4.35. The van der Waals surface area contributed by atoms with Crippen molar-refractivity contribution in [3.63, 3.8) is 0 Å². The molecule has 1 N–H and O–H groups in total. The highest BCUT2D eigenvalue weighted by Crippen LogP contribution is 2.52. The van der Waals surface area contributed by atoms with Gasteiger partial charge in [-0.1, -0.05) is 13.0 Å². The van der Waals surface area contributed by atoms with Gasteiger partial charge in [0, 0.05) is 17.8 Å². The van der Waals surface area contributed by atoms with E-state index in [1.54, 1.807) is 6.20 Å². The molecule has 0 radical (unpaired) electrons. The number of rotatable bonds is 2. The van der Waals surface area contributed by atoms with Crippen LogP contribution in [0.2, 0.25) is 0 Å². The molecule has 0 saturated heterocycles. The van der Waals surface area contributed by atoms with Gasteiger partial charge in [-0.2, -0.15) is 0 Å². The zero-order chi connectivity index (χ0) is 9.42. The van der Waals surface area contributed by atoms with E-state index in [9.17, 15) is 4.79 Å². The van der Waals surface area contributed by atoms with Crippen LogP contribution in [-0.2, 0) is 4.79 Å². The second-order valence-corrected chi connectivity index (χ2v) is 3.50. The fourth-order valence-electron chi connectivity index (χ4n) is 1.87. The zero-order valence-corrected chi connectivity index (χ0v) is 7.34. The Balaban J connectivity index is 2.18. The largest absolute Gasteiger partial charge is 0.481 e. The van der Waals surface area contributed by atoms with Crippen molar-refractivity contribution in [2.24, 2.45) is 11.8 Å². The van der Waals surface area contributed by atoms with Gasteiger partial charge < -0.3 is 5.11 Å². The summed E-state index contributed by atoms with van der Waals surface area (Å²) in [4.78, 5) is 14.9. The Hall–Kier alpha value is -1.38. The van der Waals surface area contributed by atoms with Gasteiger partial charge >= 0.3 is 5.97 Å². The van der Waals surface area contributed by atoms with Crippen molar-refractivity contribution in [1.29, 1.82) is 0 Å². The van der Waals surface area contributed by atoms with E-state index in [0.29, 0.717) is 0 Å². The third kappa shape index (κ3) is 1.30. The van der Waals surface area contributed by atoms with Crippen LogP contribution in [0.5, 0.6) is 0 Å². The van der Waals surface area contributed by atoms with Crippen molar-refractivity contribution in [1.82, 2.24) is 4.98 Å². The lowest BCUT2D eigenvalue weighted by molar-refractivity contribution is -0.138. The Morgan fingerprint density at radius 3 is 2.77 bits per heavy atom. The van der Waals surface area contributed by atoms with Crippen LogP contribution in [0.3, 0.4) is 0 Å². The van der Waals surface area contributed by atoms with Crippen molar-refractivity contribution in [2.45, 2.75) is 12.8 Å². The molecule has 2 rings (SSSR count). The molecule has 1 fully saturated rings. The number of hydrogen-bond donors (Lipinski definition) is 1. The molecule has 0 aliphatic heterocycles. The summed E-state index contributed by atoms with van der Waals surface area (Å²) in [5.74, 6) is -0.579. The van der Waals surface area contributed by atoms with Crippen molar-refractivity contribution >= 4 is 5.97 Å². The number of carbonyl (C=O) groups is 1. The van der Waals surface area contributed by atoms with Gasteiger partial charge in [0.05, 0.1) is 5.92 Å². The molecule has 68 valence electrons. The van der Waals surface area contributed by atoms with Crippen molar-refractivity contribution < 1.29 is 9.90 Å². The van der Waals surface area contributed by atoms with Gasteiger partial charge in [0.1, 0.15) is 0 Å². The summed E-state index contributed by atoms with van der Waals surface area (Å²) < 4.78 is 0. The minimum absolute atomic E-state index is 0.124. The number of aromatic nitrogens is 1. The number of pyridine rings is 1. The number of nitrogens with zero attached hydrogens (tertiary/aromatic N) is 1. The minimum Gasteiger partial charge on any atom is -0.481 e. The van der Waals surface area contributed by atoms with E-state index in [1.165, 1.54) is 0 Å². The second kappa shape index (κ2) is 2.83. The van der Waals surface area contributed by atoms with E-state index in [4.69, 9.17) is 5.11 Å². The van der Waals surface area contributed by atoms with E-state index < -0.39 is 5.97 Å². The number of aliphatic carboxylic acids is 1. The van der Waals surface area contributed by atoms with E-state index in [2.05, 4.69) is 4.98 Å². The maximum absolute atomic E-state index is 10.7. The van der Waals surface area contributed by atoms with Gasteiger partial charge in [0.15, 0.2) is 0 Å². The lowest BCUT2D eigenvalue weighted by Gasteiger charge is -1.94. The molecule has 1 aromatic rings. The Bertz CT molecular complexity index is 323. The maximum atomic E-state index is 10.7. The maximum Gasteiger partial charge on any atom is 0.307 e. The summed E-state index contributed by atoms with van der Waals surface area (Å²) in [7, 11) is 0. The van der Waals surface area contributed by atoms with Crippen LogP contribution in [0.25, 0.3) is 0 Å². The van der Waals surface area contributed by atoms with Crippen LogP contribution in [0, 0.1) is 11.8 Å². The molecule has 1 heterocycles. The second-order valence-electron chi connectivity index (χ2n) is 3.50. The van der Waals surface area contributed by atoms with Gasteiger partial charge in [-0.3, -0.25) is 9.78 Å². The normalized spacial score (nSPS) is 31.3. The molecule has 0 spiro atoms. The first-order valence-electron chi connectivity index (χ1n) is 4.35. The molecule has 3 unspecified atom stereocenters. The van der Waals surface area contributed by atoms with E-state index >= 15 is 0 Å². The summed E-state index contributed by atoms with van der Waals surface area (Å²) in [5.41, 5.74) is 0.905. The minimum atomic E-state index is -0.705. The molecule has 3 nitrogen and oxygen atoms in total. The van der Waals surface area contributed by atoms with Gasteiger partial charge in [0.2, 0.25) is 0 Å². The Labute approximate surface area is 76.4 Å². The van der Waals surface area contributed by atoms with Crippen LogP contribution < -0.4 is 0 Å². The summed E-state index contributed by atoms with van der Waals surface area (Å²) in [6.45, 7) is 1.96. The van der Waals surface area contributed by atoms with Gasteiger partial charge in [0.25, 0.3) is 0 Å². The van der Waals surface area contributed by atoms with Gasteiger partial charge in [-0.25, -0.2) is 0 Å². The van der Waals surface area contributed by atoms with Gasteiger partial charge in [-0.15, -0.1) is 0 Å². The molecule has 1 saturated carbocycles. The predicted molar refractivity (Wildman–Crippen MR) is 47.3 cm³/mol. The highest BCUT2D eigenvalue weighted by atomic mass is 16.4. The molecule has 0 bridgehead atoms. The quantitative estimate of drug-likeness (QED) is 0.745. The monoisotopic (exact) mass is 177 g/mol. The Kier molecular flexibility index (Phi) is 1.79. The fourth-order valence-corrected chi connectivity index (χ4v) is 1.87. The number of carboxylic acids is 1. The third-order valence-electron chi connectivity index (χ3n) is 2.69. The molecule has 1 aliphatic rings. The van der Waals surface area contributed by atoms with Gasteiger partial charge in [-0.05, 0) is 18.1 Å². The molecule has 0 aromatic carbocycles. The average Bonchev–Trinajstić information content (AvgIpc) is 2.79. The predicted octanol–water partition coefficient (Wildman–Crippen LogP) is 1.52. The zero-order valence-electron chi connectivity index (χ0n) is 7.34. The van der Waals surface area contributed by atoms with Crippen LogP contribution in [0.4, 0.5) is 0 Å². The average molecular weight is 177 g/mol. The highest BCUT2D eigenvalue weighted by molar-refractivity contribution is 5.75. The lowest BCUT2D eigenvalue weighted by atomic mass is 10.2. The summed E-state index contributed by atoms with van der Waals surface area (Å²) in [5, 5.41) is 8.83. The molecular weight excluding hydrogens is 166 g/mol. The van der Waals surface area contributed by atoms with Crippen LogP contribution in [-0.4, -0.2) is 16.1 Å². The van der Waals surface area contributed by atoms with Crippen molar-refractivity contribution in [2.75, 3.05) is 0 Å². The van der Waals surface area contributed by atoms with E-state index in [1.807, 2.05) is 25.1 Å². The number of hydrogen-bond acceptors (Lipinski definition) is 2. The van der Waals surface area contributed by atoms with Crippen LogP contribution in [0.15, 0.2) is 24.4 Å². The van der Waals surface area contributed by atoms with E-state index in [-0.39, 0.29) is 17.8 Å². The lowest BCUT2D eigenvalue weighted by Crippen LogP contribution is -2.00. The molecular formula is C10H11NO2. The fraction of sp³-hybridized carbons (Fsp3) is 0.400. The van der Waals surface area contributed by atoms with Crippen molar-refractivity contribution in [3.8, 4) is 0 Å². The smallest absolute Gasteiger partial charge is 0.307 e. The molecule has 0 amide bonds. The Morgan fingerprint density at radius 2 is 2.31 bits per heavy atom. The van der Waals surface area contributed by atoms with E-state index in [0.717, 1.165) is 5.69 Å². The first-order chi connectivity index (χ1) is 6.22. The summed E-state index contributed by atoms with van der Waals surface area (Å²) in [6.07, 6.45) is 1.71. The molecule has 1 aliphatic carbocycles. The highest BCUT2D eigenvalue weighted by Gasteiger charge is 2.53. The van der Waals surface area contributed by atoms with Crippen LogP contribution >= 0.6 is 0 Å². The molecule has 3 heteroatoms. The molecule has 3 atom stereocenters. The van der Waals surface area contributed by atoms with Crippen molar-refractivity contribution in [3.05, 3.63) is 30.1 Å². The summed E-state index contributed by atoms with van der Waals surface area (Å²) in [6, 6.07) is 5.63. The topological polar surface area (TPSA) is 50.2 Å². The third-order valence-corrected chi connectivity index (χ3v) is 2.69. The molecule has 1 aromatic heterocycles. The SMILES string of the molecule is CC1C(C(=O)O)C1c1ccccn1. The standard InChI is InChI=1S/C10H11NO2/c1-6-8(9(6)10(12)13)7-4-2-3-5-11-7/h2-6,8-9H,1H3,(H,12,13). The Morgan fingerprint density at radius 1 is 1.54 bits per heavy atom. The van der Waals surface area contributed by atoms with Crippen LogP contribution in [0.1, 0.15) is 18.5 Å². The molecule has 13 heavy (non-hydrogen) atoms. The number of carboxylic acid groups (broad SMARTS) is 1. The summed E-state index contributed by atoms with van der Waals surface area (Å²) >= 11 is 0. The first kappa shape index (κ1) is 8.23.